The van der Waals surface area contributed by atoms with E-state index in [1.165, 1.54) is 31.7 Å². The van der Waals surface area contributed by atoms with Crippen LogP contribution in [0.2, 0.25) is 0 Å². The highest BCUT2D eigenvalue weighted by molar-refractivity contribution is 5.88. The zero-order valence-electron chi connectivity index (χ0n) is 23.3. The number of ether oxygens (including phenoxy) is 2. The molecule has 4 unspecified atom stereocenters. The van der Waals surface area contributed by atoms with Gasteiger partial charge >= 0.3 is 12.1 Å². The van der Waals surface area contributed by atoms with Crippen molar-refractivity contribution < 1.29 is 27.8 Å². The Balaban J connectivity index is 1.19. The number of amides is 3. The number of anilines is 3. The summed E-state index contributed by atoms with van der Waals surface area (Å²) in [5.74, 6) is -2.08. The van der Waals surface area contributed by atoms with E-state index < -0.39 is 30.5 Å². The molecular formula is C26H35F2N9O4. The predicted molar refractivity (Wildman–Crippen MR) is 145 cm³/mol. The number of nitrogens with zero attached hydrogens (tertiary/aromatic N) is 7. The lowest BCUT2D eigenvalue weighted by atomic mass is 10.00. The van der Waals surface area contributed by atoms with Gasteiger partial charge in [0, 0.05) is 57.7 Å². The third kappa shape index (κ3) is 6.39. The van der Waals surface area contributed by atoms with Crippen LogP contribution in [0.4, 0.5) is 36.0 Å². The summed E-state index contributed by atoms with van der Waals surface area (Å²) in [4.78, 5) is 47.0. The Morgan fingerprint density at radius 1 is 1.12 bits per heavy atom. The maximum atomic E-state index is 15.0. The van der Waals surface area contributed by atoms with E-state index in [0.29, 0.717) is 18.6 Å². The predicted octanol–water partition coefficient (Wildman–Crippen LogP) is 3.07. The Morgan fingerprint density at radius 2 is 1.95 bits per heavy atom. The minimum absolute atomic E-state index is 0.0315. The van der Waals surface area contributed by atoms with E-state index >= 15 is 0 Å². The molecule has 3 fully saturated rings. The molecule has 4 atom stereocenters. The van der Waals surface area contributed by atoms with Crippen molar-refractivity contribution in [2.75, 3.05) is 55.4 Å². The molecule has 5 rings (SSSR count). The Hall–Kier alpha value is -3.88. The fraction of sp³-hybridized carbons (Fsp3) is 0.615. The van der Waals surface area contributed by atoms with E-state index in [1.807, 2.05) is 0 Å². The van der Waals surface area contributed by atoms with Gasteiger partial charge < -0.3 is 24.2 Å². The van der Waals surface area contributed by atoms with Crippen molar-refractivity contribution in [2.45, 2.75) is 57.2 Å². The highest BCUT2D eigenvalue weighted by Crippen LogP contribution is 2.39. The maximum Gasteiger partial charge on any atom is 0.413 e. The number of rotatable bonds is 8. The van der Waals surface area contributed by atoms with Crippen molar-refractivity contribution in [3.63, 3.8) is 0 Å². The van der Waals surface area contributed by atoms with Crippen LogP contribution in [0.5, 0.6) is 5.88 Å². The molecule has 0 spiro atoms. The van der Waals surface area contributed by atoms with Gasteiger partial charge in [0.1, 0.15) is 18.0 Å². The second-order valence-corrected chi connectivity index (χ2v) is 10.5. The largest absolute Gasteiger partial charge is 0.477 e. The minimum atomic E-state index is -3.15. The number of aromatic nitrogens is 4. The Morgan fingerprint density at radius 3 is 2.63 bits per heavy atom. The fourth-order valence-corrected chi connectivity index (χ4v) is 5.79. The first-order valence-electron chi connectivity index (χ1n) is 13.8. The zero-order chi connectivity index (χ0) is 29.1. The molecule has 2 bridgehead atoms. The molecule has 41 heavy (non-hydrogen) atoms. The summed E-state index contributed by atoms with van der Waals surface area (Å²) in [5, 5.41) is 5.13. The molecule has 15 heteroatoms. The number of urea groups is 1. The molecule has 0 radical (unpaired) electrons. The van der Waals surface area contributed by atoms with Crippen molar-refractivity contribution in [1.29, 1.82) is 0 Å². The van der Waals surface area contributed by atoms with Gasteiger partial charge in [-0.05, 0) is 26.0 Å². The number of hydrogen-bond acceptors (Lipinski definition) is 10. The smallest absolute Gasteiger partial charge is 0.413 e. The lowest BCUT2D eigenvalue weighted by Gasteiger charge is -2.42. The van der Waals surface area contributed by atoms with Crippen LogP contribution in [0.1, 0.15) is 33.1 Å². The number of nitrogens with one attached hydrogen (secondary N) is 2. The van der Waals surface area contributed by atoms with Crippen molar-refractivity contribution in [1.82, 2.24) is 29.7 Å². The first-order valence-corrected chi connectivity index (χ1v) is 13.8. The third-order valence-corrected chi connectivity index (χ3v) is 7.95. The summed E-state index contributed by atoms with van der Waals surface area (Å²) in [6, 6.07) is -0.278. The molecule has 13 nitrogen and oxygen atoms in total. The highest BCUT2D eigenvalue weighted by Gasteiger charge is 2.48. The number of carbonyl (C=O) groups excluding carboxylic acids is 2. The van der Waals surface area contributed by atoms with Crippen LogP contribution >= 0.6 is 0 Å². The van der Waals surface area contributed by atoms with E-state index in [-0.39, 0.29) is 42.7 Å². The van der Waals surface area contributed by atoms with Gasteiger partial charge in [0.15, 0.2) is 5.82 Å². The van der Waals surface area contributed by atoms with Gasteiger partial charge in [-0.25, -0.2) is 33.3 Å². The standard InChI is InChI=1S/C26H35F2N9O4/c1-4-36-14-16-10-17(36)11-18(16)41-25(39)34-20-6-8-29-23(32-20)37-9-7-26(27,28)19(15-37)35(3)24(38)33-21-12-31-22(13-30-21)40-5-2/h6,8,12-13,16-19H,4-5,7,9-11,14-15H2,1-3H3,(H,30,33,38)(H,29,32,34,39). The van der Waals surface area contributed by atoms with Crippen molar-refractivity contribution >= 4 is 29.7 Å². The van der Waals surface area contributed by atoms with E-state index in [2.05, 4.69) is 42.4 Å². The molecule has 2 aliphatic heterocycles. The van der Waals surface area contributed by atoms with Gasteiger partial charge in [0.05, 0.1) is 19.0 Å². The summed E-state index contributed by atoms with van der Waals surface area (Å²) in [5.41, 5.74) is 0. The summed E-state index contributed by atoms with van der Waals surface area (Å²) < 4.78 is 40.9. The number of carbonyl (C=O) groups is 2. The van der Waals surface area contributed by atoms with Gasteiger partial charge in [0.25, 0.3) is 5.92 Å². The molecule has 3 amide bonds. The lowest BCUT2D eigenvalue weighted by molar-refractivity contribution is -0.0760. The topological polar surface area (TPSA) is 138 Å². The molecule has 2 saturated heterocycles. The highest BCUT2D eigenvalue weighted by atomic mass is 19.3. The van der Waals surface area contributed by atoms with Gasteiger partial charge in [-0.3, -0.25) is 10.6 Å². The SMILES string of the molecule is CCOc1cnc(NC(=O)N(C)C2CN(c3nccc(NC(=O)OC4CC5CC4CN5CC)n3)CCC2(F)F)cn1. The van der Waals surface area contributed by atoms with Gasteiger partial charge in [-0.2, -0.15) is 4.98 Å². The van der Waals surface area contributed by atoms with Crippen LogP contribution in [0.15, 0.2) is 24.7 Å². The fourth-order valence-electron chi connectivity index (χ4n) is 5.79. The minimum Gasteiger partial charge on any atom is -0.477 e. The molecule has 4 heterocycles. The second kappa shape index (κ2) is 11.9. The maximum absolute atomic E-state index is 15.0. The molecule has 222 valence electrons. The van der Waals surface area contributed by atoms with Crippen LogP contribution < -0.4 is 20.3 Å². The summed E-state index contributed by atoms with van der Waals surface area (Å²) >= 11 is 0. The molecule has 2 aromatic rings. The summed E-state index contributed by atoms with van der Waals surface area (Å²) in [6.45, 7) is 6.00. The third-order valence-electron chi connectivity index (χ3n) is 7.95. The molecular weight excluding hydrogens is 540 g/mol. The summed E-state index contributed by atoms with van der Waals surface area (Å²) in [7, 11) is 1.30. The van der Waals surface area contributed by atoms with Crippen molar-refractivity contribution in [2.24, 2.45) is 5.92 Å². The van der Waals surface area contributed by atoms with Crippen LogP contribution in [-0.4, -0.2) is 106 Å². The number of alkyl halides is 2. The molecule has 2 N–H and O–H groups in total. The lowest BCUT2D eigenvalue weighted by Crippen LogP contribution is -2.60. The average molecular weight is 576 g/mol. The van der Waals surface area contributed by atoms with E-state index in [1.54, 1.807) is 11.8 Å². The average Bonchev–Trinajstić information content (AvgIpc) is 3.54. The van der Waals surface area contributed by atoms with E-state index in [9.17, 15) is 18.4 Å². The van der Waals surface area contributed by atoms with Crippen LogP contribution in [0.25, 0.3) is 0 Å². The molecule has 0 aromatic carbocycles. The molecule has 1 aliphatic carbocycles. The Bertz CT molecular complexity index is 1240. The normalized spacial score (nSPS) is 25.0. The van der Waals surface area contributed by atoms with E-state index in [0.717, 1.165) is 30.8 Å². The van der Waals surface area contributed by atoms with Gasteiger partial charge in [-0.1, -0.05) is 6.92 Å². The molecule has 2 aromatic heterocycles. The Labute approximate surface area is 236 Å². The number of likely N-dealkylation sites (N-methyl/N-ethyl adjacent to an activating group) is 1. The second-order valence-electron chi connectivity index (χ2n) is 10.5. The Kier molecular flexibility index (Phi) is 8.33. The van der Waals surface area contributed by atoms with Crippen LogP contribution in [0, 0.1) is 5.92 Å². The molecule has 3 aliphatic rings. The number of hydrogen-bond donors (Lipinski definition) is 2. The van der Waals surface area contributed by atoms with E-state index in [4.69, 9.17) is 9.47 Å². The molecule has 1 saturated carbocycles. The van der Waals surface area contributed by atoms with Crippen molar-refractivity contribution in [3.8, 4) is 5.88 Å². The zero-order valence-corrected chi connectivity index (χ0v) is 23.3. The first-order chi connectivity index (χ1) is 19.7. The van der Waals surface area contributed by atoms with Gasteiger partial charge in [-0.15, -0.1) is 0 Å². The number of halogens is 2. The van der Waals surface area contributed by atoms with Gasteiger partial charge in [0.2, 0.25) is 11.8 Å². The number of likely N-dealkylation sites (tertiary alicyclic amines) is 1. The van der Waals surface area contributed by atoms with Crippen LogP contribution in [-0.2, 0) is 4.74 Å². The van der Waals surface area contributed by atoms with Crippen molar-refractivity contribution in [3.05, 3.63) is 24.7 Å². The van der Waals surface area contributed by atoms with Crippen LogP contribution in [0.3, 0.4) is 0 Å². The first kappa shape index (κ1) is 28.6. The number of piperidine rings is 2. The quantitative estimate of drug-likeness (QED) is 0.483. The summed E-state index contributed by atoms with van der Waals surface area (Å²) in [6.07, 6.45) is 4.66. The monoisotopic (exact) mass is 575 g/mol. The number of fused-ring (bicyclic) bond motifs is 2.